The fourth-order valence-corrected chi connectivity index (χ4v) is 7.77. The van der Waals surface area contributed by atoms with Crippen LogP contribution in [0.2, 0.25) is 0 Å². The van der Waals surface area contributed by atoms with Crippen LogP contribution in [-0.4, -0.2) is 15.3 Å². The van der Waals surface area contributed by atoms with E-state index in [-0.39, 0.29) is 0 Å². The molecule has 10 rings (SSSR count). The molecule has 5 nitrogen and oxygen atoms in total. The van der Waals surface area contributed by atoms with E-state index in [2.05, 4.69) is 149 Å². The molecular formula is C51H36N4O. The smallest absolute Gasteiger partial charge is 0.143 e. The van der Waals surface area contributed by atoms with Crippen LogP contribution in [0.25, 0.3) is 77.4 Å². The van der Waals surface area contributed by atoms with Gasteiger partial charge in [0.15, 0.2) is 0 Å². The highest BCUT2D eigenvalue weighted by Crippen LogP contribution is 2.39. The first-order valence-corrected chi connectivity index (χ1v) is 18.8. The van der Waals surface area contributed by atoms with E-state index >= 15 is 0 Å². The third kappa shape index (κ3) is 6.02. The van der Waals surface area contributed by atoms with Crippen molar-refractivity contribution in [2.45, 2.75) is 6.54 Å². The highest BCUT2D eigenvalue weighted by atomic mass is 16.3. The molecule has 0 bridgehead atoms. The topological polar surface area (TPSA) is 69.3 Å². The Kier molecular flexibility index (Phi) is 8.30. The molecule has 0 radical (unpaired) electrons. The van der Waals surface area contributed by atoms with E-state index in [1.165, 1.54) is 10.8 Å². The molecule has 0 aliphatic heterocycles. The summed E-state index contributed by atoms with van der Waals surface area (Å²) in [4.78, 5) is 9.37. The molecule has 2 N–H and O–H groups in total. The van der Waals surface area contributed by atoms with Gasteiger partial charge in [-0.2, -0.15) is 0 Å². The highest BCUT2D eigenvalue weighted by Gasteiger charge is 2.17. The molecule has 0 amide bonds. The largest absolute Gasteiger partial charge is 0.455 e. The summed E-state index contributed by atoms with van der Waals surface area (Å²) in [7, 11) is 0. The number of hydrogen-bond donors (Lipinski definition) is 1. The molecule has 0 saturated heterocycles. The van der Waals surface area contributed by atoms with Gasteiger partial charge in [-0.3, -0.25) is 9.98 Å². The number of para-hydroxylation sites is 3. The highest BCUT2D eigenvalue weighted by molar-refractivity contribution is 6.14. The summed E-state index contributed by atoms with van der Waals surface area (Å²) in [6.07, 6.45) is 5.64. The van der Waals surface area contributed by atoms with Crippen molar-refractivity contribution in [2.24, 2.45) is 10.7 Å². The van der Waals surface area contributed by atoms with Crippen LogP contribution < -0.4 is 5.73 Å². The number of nitrogens with two attached hydrogens (primary N) is 1. The van der Waals surface area contributed by atoms with Crippen molar-refractivity contribution >= 4 is 55.2 Å². The van der Waals surface area contributed by atoms with E-state index in [9.17, 15) is 0 Å². The Hall–Kier alpha value is -7.50. The number of nitrogens with zero attached hydrogens (tertiary/aromatic N) is 3. The van der Waals surface area contributed by atoms with Crippen LogP contribution in [0.1, 0.15) is 16.7 Å². The number of allylic oxidation sites excluding steroid dienone is 1. The molecule has 0 aliphatic rings. The van der Waals surface area contributed by atoms with E-state index in [1.807, 2.05) is 48.7 Å². The number of fused-ring (bicyclic) bond motifs is 6. The third-order valence-electron chi connectivity index (χ3n) is 10.6. The average Bonchev–Trinajstić information content (AvgIpc) is 3.81. The molecule has 0 fully saturated rings. The van der Waals surface area contributed by atoms with Gasteiger partial charge in [-0.15, -0.1) is 0 Å². The standard InChI is InChI=1S/C51H36N4O/c52-46(36-21-19-35(20-22-36)39-12-9-29-53-33-39)31-47(54-32-34-10-2-1-3-11-34)37-23-26-40(27-24-37)55-48-17-6-4-13-42(48)43-28-25-38(30-49(43)55)41-15-8-16-45-44-14-5-7-18-50(44)56-51(41)45/h1-31,33H,32,52H2/b46-31-,54-47?. The number of pyridine rings is 1. The molecule has 3 heterocycles. The minimum Gasteiger partial charge on any atom is -0.455 e. The van der Waals surface area contributed by atoms with Crippen LogP contribution in [0.3, 0.4) is 0 Å². The lowest BCUT2D eigenvalue weighted by atomic mass is 10.0. The molecule has 0 aliphatic carbocycles. The van der Waals surface area contributed by atoms with Crippen molar-refractivity contribution in [1.82, 2.24) is 9.55 Å². The Balaban J connectivity index is 1.05. The lowest BCUT2D eigenvalue weighted by molar-refractivity contribution is 0.670. The first kappa shape index (κ1) is 33.1. The summed E-state index contributed by atoms with van der Waals surface area (Å²) in [5.41, 5.74) is 20.8. The quantitative estimate of drug-likeness (QED) is 0.159. The summed E-state index contributed by atoms with van der Waals surface area (Å²) < 4.78 is 8.81. The van der Waals surface area contributed by atoms with Gasteiger partial charge in [0.05, 0.1) is 23.3 Å². The molecular weight excluding hydrogens is 685 g/mol. The first-order valence-electron chi connectivity index (χ1n) is 18.8. The Morgan fingerprint density at radius 1 is 0.589 bits per heavy atom. The Morgan fingerprint density at radius 2 is 1.30 bits per heavy atom. The van der Waals surface area contributed by atoms with Crippen molar-refractivity contribution in [3.63, 3.8) is 0 Å². The molecule has 56 heavy (non-hydrogen) atoms. The zero-order valence-electron chi connectivity index (χ0n) is 30.5. The van der Waals surface area contributed by atoms with Gasteiger partial charge < -0.3 is 14.7 Å². The summed E-state index contributed by atoms with van der Waals surface area (Å²) >= 11 is 0. The van der Waals surface area contributed by atoms with E-state index in [0.717, 1.165) is 83.3 Å². The number of hydrogen-bond acceptors (Lipinski definition) is 4. The maximum atomic E-state index is 6.80. The van der Waals surface area contributed by atoms with Gasteiger partial charge in [0, 0.05) is 50.9 Å². The average molecular weight is 721 g/mol. The van der Waals surface area contributed by atoms with Crippen LogP contribution in [0.5, 0.6) is 0 Å². The maximum Gasteiger partial charge on any atom is 0.143 e. The van der Waals surface area contributed by atoms with Gasteiger partial charge in [0.2, 0.25) is 0 Å². The molecule has 3 aromatic heterocycles. The number of aliphatic imine (C=N–C) groups is 1. The van der Waals surface area contributed by atoms with Gasteiger partial charge in [0.1, 0.15) is 11.2 Å². The summed E-state index contributed by atoms with van der Waals surface area (Å²) in [6, 6.07) is 61.2. The number of rotatable bonds is 8. The molecule has 0 unspecified atom stereocenters. The predicted octanol–water partition coefficient (Wildman–Crippen LogP) is 12.4. The van der Waals surface area contributed by atoms with E-state index in [1.54, 1.807) is 6.20 Å². The Morgan fingerprint density at radius 3 is 2.12 bits per heavy atom. The van der Waals surface area contributed by atoms with Crippen LogP contribution in [-0.2, 0) is 6.54 Å². The molecule has 266 valence electrons. The minimum absolute atomic E-state index is 0.537. The second-order valence-electron chi connectivity index (χ2n) is 14.0. The van der Waals surface area contributed by atoms with E-state index < -0.39 is 0 Å². The van der Waals surface area contributed by atoms with Crippen molar-refractivity contribution in [1.29, 1.82) is 0 Å². The van der Waals surface area contributed by atoms with E-state index in [4.69, 9.17) is 15.1 Å². The molecule has 10 aromatic rings. The normalized spacial score (nSPS) is 12.3. The van der Waals surface area contributed by atoms with Gasteiger partial charge in [-0.1, -0.05) is 140 Å². The lowest BCUT2D eigenvalue weighted by Gasteiger charge is -2.11. The van der Waals surface area contributed by atoms with Gasteiger partial charge >= 0.3 is 0 Å². The Bertz CT molecular complexity index is 3080. The first-order chi connectivity index (χ1) is 27.7. The van der Waals surface area contributed by atoms with E-state index in [0.29, 0.717) is 12.2 Å². The zero-order valence-corrected chi connectivity index (χ0v) is 30.5. The second-order valence-corrected chi connectivity index (χ2v) is 14.0. The van der Waals surface area contributed by atoms with Gasteiger partial charge in [-0.25, -0.2) is 0 Å². The molecule has 0 saturated carbocycles. The molecule has 0 spiro atoms. The van der Waals surface area contributed by atoms with Gasteiger partial charge in [-0.05, 0) is 75.9 Å². The SMILES string of the molecule is N/C(=C\C(=NCc1ccccc1)c1ccc(-n2c3ccccc3c3ccc(-c4cccc5c4oc4ccccc45)cc32)cc1)c1ccc(-c2cccnc2)cc1. The van der Waals surface area contributed by atoms with Gasteiger partial charge in [0.25, 0.3) is 0 Å². The fraction of sp³-hybridized carbons (Fsp3) is 0.0196. The predicted molar refractivity (Wildman–Crippen MR) is 232 cm³/mol. The fourth-order valence-electron chi connectivity index (χ4n) is 7.77. The van der Waals surface area contributed by atoms with Crippen molar-refractivity contribution in [2.75, 3.05) is 0 Å². The Labute approximate surface area is 324 Å². The third-order valence-corrected chi connectivity index (χ3v) is 10.6. The minimum atomic E-state index is 0.537. The monoisotopic (exact) mass is 720 g/mol. The zero-order chi connectivity index (χ0) is 37.4. The maximum absolute atomic E-state index is 6.80. The molecule has 0 atom stereocenters. The van der Waals surface area contributed by atoms with Crippen molar-refractivity contribution in [3.8, 4) is 27.9 Å². The summed E-state index contributed by atoms with van der Waals surface area (Å²) in [5, 5.41) is 4.65. The second kappa shape index (κ2) is 14.0. The van der Waals surface area contributed by atoms with Crippen LogP contribution >= 0.6 is 0 Å². The number of benzene rings is 7. The van der Waals surface area contributed by atoms with Crippen molar-refractivity contribution < 1.29 is 4.42 Å². The number of furan rings is 1. The van der Waals surface area contributed by atoms with Crippen LogP contribution in [0, 0.1) is 0 Å². The van der Waals surface area contributed by atoms with Crippen LogP contribution in [0.15, 0.2) is 204 Å². The molecule has 7 aromatic carbocycles. The van der Waals surface area contributed by atoms with Crippen LogP contribution in [0.4, 0.5) is 0 Å². The van der Waals surface area contributed by atoms with Crippen molar-refractivity contribution in [3.05, 3.63) is 211 Å². The summed E-state index contributed by atoms with van der Waals surface area (Å²) in [5.74, 6) is 0. The number of aromatic nitrogens is 2. The lowest BCUT2D eigenvalue weighted by Crippen LogP contribution is -2.05. The molecule has 5 heteroatoms. The summed E-state index contributed by atoms with van der Waals surface area (Å²) in [6.45, 7) is 0.537.